The largest absolute Gasteiger partial charge is 0.401 e. The van der Waals surface area contributed by atoms with Gasteiger partial charge in [-0.15, -0.1) is 0 Å². The molecule has 27 heavy (non-hydrogen) atoms. The van der Waals surface area contributed by atoms with Gasteiger partial charge in [0.15, 0.2) is 5.82 Å². The summed E-state index contributed by atoms with van der Waals surface area (Å²) in [4.78, 5) is 3.85. The Labute approximate surface area is 157 Å². The van der Waals surface area contributed by atoms with E-state index >= 15 is 0 Å². The summed E-state index contributed by atoms with van der Waals surface area (Å²) in [6.45, 7) is 5.66. The Kier molecular flexibility index (Phi) is 6.45. The van der Waals surface area contributed by atoms with Crippen LogP contribution < -0.4 is 10.0 Å². The number of alkyl halides is 3. The number of nitrogens with zero attached hydrogens (tertiary/aromatic N) is 2. The van der Waals surface area contributed by atoms with Crippen LogP contribution in [0, 0.1) is 5.92 Å². The topological polar surface area (TPSA) is 97.1 Å². The smallest absolute Gasteiger partial charge is 0.335 e. The number of anilines is 1. The van der Waals surface area contributed by atoms with Gasteiger partial charge in [-0.3, -0.25) is 0 Å². The fourth-order valence-electron chi connectivity index (χ4n) is 2.75. The Balaban J connectivity index is 1.85. The molecule has 11 heteroatoms. The van der Waals surface area contributed by atoms with Crippen molar-refractivity contribution in [1.82, 2.24) is 14.9 Å². The number of rotatable bonds is 7. The highest BCUT2D eigenvalue weighted by Gasteiger charge is 2.52. The van der Waals surface area contributed by atoms with Gasteiger partial charge in [-0.25, -0.2) is 13.1 Å². The van der Waals surface area contributed by atoms with Crippen LogP contribution in [-0.4, -0.2) is 42.6 Å². The average Bonchev–Trinajstić information content (AvgIpc) is 3.02. The average molecular weight is 412 g/mol. The maximum atomic E-state index is 13.0. The molecular formula is C16H27F3N4O3S. The van der Waals surface area contributed by atoms with Crippen LogP contribution in [-0.2, 0) is 15.4 Å². The number of halogens is 3. The normalized spacial score (nSPS) is 22.2. The van der Waals surface area contributed by atoms with Crippen LogP contribution in [0.1, 0.15) is 59.2 Å². The van der Waals surface area contributed by atoms with Gasteiger partial charge < -0.3 is 9.84 Å². The summed E-state index contributed by atoms with van der Waals surface area (Å²) in [5.41, 5.74) is -2.19. The van der Waals surface area contributed by atoms with Gasteiger partial charge in [-0.2, -0.15) is 18.2 Å². The number of nitrogens with one attached hydrogen (secondary N) is 2. The lowest BCUT2D eigenvalue weighted by molar-refractivity contribution is -0.182. The van der Waals surface area contributed by atoms with Crippen LogP contribution in [0.25, 0.3) is 0 Å². The molecule has 1 aliphatic rings. The molecule has 0 spiro atoms. The molecule has 0 unspecified atom stereocenters. The van der Waals surface area contributed by atoms with Crippen LogP contribution in [0.15, 0.2) is 4.52 Å². The molecule has 2 N–H and O–H groups in total. The first-order chi connectivity index (χ1) is 12.3. The molecule has 1 fully saturated rings. The van der Waals surface area contributed by atoms with E-state index in [0.717, 1.165) is 39.5 Å². The third-order valence-corrected chi connectivity index (χ3v) is 6.87. The molecule has 0 saturated heterocycles. The van der Waals surface area contributed by atoms with Crippen molar-refractivity contribution in [2.45, 2.75) is 76.3 Å². The first-order valence-electron chi connectivity index (χ1n) is 8.99. The zero-order valence-electron chi connectivity index (χ0n) is 15.9. The molecule has 0 radical (unpaired) electrons. The van der Waals surface area contributed by atoms with E-state index in [1.165, 1.54) is 0 Å². The molecule has 0 amide bonds. The second-order valence-electron chi connectivity index (χ2n) is 7.85. The van der Waals surface area contributed by atoms with Crippen molar-refractivity contribution in [2.24, 2.45) is 5.92 Å². The summed E-state index contributed by atoms with van der Waals surface area (Å²) in [6.07, 6.45) is -1.39. The van der Waals surface area contributed by atoms with Crippen molar-refractivity contribution in [3.8, 4) is 0 Å². The molecule has 1 heterocycles. The lowest BCUT2D eigenvalue weighted by atomic mass is 9.86. The van der Waals surface area contributed by atoms with Crippen LogP contribution in [0.3, 0.4) is 0 Å². The minimum Gasteiger partial charge on any atom is -0.335 e. The highest BCUT2D eigenvalue weighted by Crippen LogP contribution is 2.39. The summed E-state index contributed by atoms with van der Waals surface area (Å²) in [7, 11) is -3.27. The predicted octanol–water partition coefficient (Wildman–Crippen LogP) is 3.21. The molecule has 1 aromatic rings. The lowest BCUT2D eigenvalue weighted by Crippen LogP contribution is -2.37. The Morgan fingerprint density at radius 1 is 1.19 bits per heavy atom. The molecular weight excluding hydrogens is 385 g/mol. The van der Waals surface area contributed by atoms with Crippen LogP contribution in [0.4, 0.5) is 19.2 Å². The van der Waals surface area contributed by atoms with E-state index in [9.17, 15) is 21.6 Å². The summed E-state index contributed by atoms with van der Waals surface area (Å²) in [5.74, 6) is -0.173. The van der Waals surface area contributed by atoms with Gasteiger partial charge in [-0.1, -0.05) is 5.16 Å². The zero-order valence-corrected chi connectivity index (χ0v) is 16.7. The summed E-state index contributed by atoms with van der Waals surface area (Å²) < 4.78 is 70.3. The molecule has 1 aliphatic carbocycles. The molecule has 1 aromatic heterocycles. The van der Waals surface area contributed by atoms with Crippen molar-refractivity contribution in [1.29, 1.82) is 0 Å². The Morgan fingerprint density at radius 3 is 2.30 bits per heavy atom. The molecule has 156 valence electrons. The minimum absolute atomic E-state index is 0.00487. The van der Waals surface area contributed by atoms with E-state index in [1.54, 1.807) is 13.8 Å². The van der Waals surface area contributed by atoms with Crippen LogP contribution in [0.5, 0.6) is 0 Å². The van der Waals surface area contributed by atoms with Crippen LogP contribution >= 0.6 is 0 Å². The summed E-state index contributed by atoms with van der Waals surface area (Å²) in [6, 6.07) is -0.0171. The number of hydrogen-bond acceptors (Lipinski definition) is 6. The minimum atomic E-state index is -4.48. The van der Waals surface area contributed by atoms with E-state index in [4.69, 9.17) is 4.52 Å². The molecule has 0 aliphatic heterocycles. The quantitative estimate of drug-likeness (QED) is 0.714. The van der Waals surface area contributed by atoms with Gasteiger partial charge in [0, 0.05) is 12.6 Å². The summed E-state index contributed by atoms with van der Waals surface area (Å²) in [5, 5.41) is 5.98. The maximum Gasteiger partial charge on any atom is 0.401 e. The van der Waals surface area contributed by atoms with Gasteiger partial charge in [-0.05, 0) is 59.3 Å². The van der Waals surface area contributed by atoms with Crippen molar-refractivity contribution in [3.63, 3.8) is 0 Å². The number of sulfonamides is 1. The van der Waals surface area contributed by atoms with Gasteiger partial charge in [0.25, 0.3) is 0 Å². The fourth-order valence-corrected chi connectivity index (χ4v) is 3.55. The molecule has 0 bridgehead atoms. The van der Waals surface area contributed by atoms with E-state index < -0.39 is 32.7 Å². The zero-order chi connectivity index (χ0) is 20.5. The van der Waals surface area contributed by atoms with E-state index in [2.05, 4.69) is 20.2 Å². The first kappa shape index (κ1) is 21.9. The van der Waals surface area contributed by atoms with Gasteiger partial charge in [0.05, 0.1) is 5.25 Å². The molecule has 2 rings (SSSR count). The Morgan fingerprint density at radius 2 is 1.78 bits per heavy atom. The van der Waals surface area contributed by atoms with Crippen molar-refractivity contribution < 1.29 is 26.1 Å². The third-order valence-electron chi connectivity index (χ3n) is 5.06. The molecule has 1 saturated carbocycles. The number of aromatic nitrogens is 2. The van der Waals surface area contributed by atoms with Gasteiger partial charge in [0.2, 0.25) is 10.0 Å². The third kappa shape index (κ3) is 5.34. The molecule has 7 nitrogen and oxygen atoms in total. The van der Waals surface area contributed by atoms with E-state index in [1.807, 2.05) is 0 Å². The lowest BCUT2D eigenvalue weighted by Gasteiger charge is -2.28. The Hall–Kier alpha value is -1.36. The van der Waals surface area contributed by atoms with Crippen LogP contribution in [0.2, 0.25) is 0 Å². The first-order valence-corrected chi connectivity index (χ1v) is 10.5. The standard InChI is InChI=1S/C16H27F3N4O3S/c1-10(2)27(24,25)20-9-11-5-7-12(8-6-11)21-14-22-13(23-26-14)15(3,4)16(17,18)19/h10-12,20H,5-9H2,1-4H3,(H,21,22,23)/t11-,12-. The Bertz CT molecular complexity index is 724. The fraction of sp³-hybridized carbons (Fsp3) is 0.875. The number of hydrogen-bond donors (Lipinski definition) is 2. The van der Waals surface area contributed by atoms with Crippen molar-refractivity contribution in [2.75, 3.05) is 11.9 Å². The van der Waals surface area contributed by atoms with Gasteiger partial charge >= 0.3 is 12.2 Å². The highest BCUT2D eigenvalue weighted by molar-refractivity contribution is 7.90. The second-order valence-corrected chi connectivity index (χ2v) is 10.2. The predicted molar refractivity (Wildman–Crippen MR) is 94.8 cm³/mol. The van der Waals surface area contributed by atoms with E-state index in [0.29, 0.717) is 6.54 Å². The summed E-state index contributed by atoms with van der Waals surface area (Å²) >= 11 is 0. The second kappa shape index (κ2) is 7.94. The van der Waals surface area contributed by atoms with Crippen molar-refractivity contribution in [3.05, 3.63) is 5.82 Å². The van der Waals surface area contributed by atoms with E-state index in [-0.39, 0.29) is 18.0 Å². The maximum absolute atomic E-state index is 13.0. The monoisotopic (exact) mass is 412 g/mol. The molecule has 0 aromatic carbocycles. The highest BCUT2D eigenvalue weighted by atomic mass is 32.2. The van der Waals surface area contributed by atoms with Crippen molar-refractivity contribution >= 4 is 16.0 Å². The molecule has 0 atom stereocenters. The van der Waals surface area contributed by atoms with Gasteiger partial charge in [0.1, 0.15) is 5.41 Å². The SMILES string of the molecule is CC(C)S(=O)(=O)NC[C@H]1CC[C@H](Nc2nc(C(C)(C)C(F)(F)F)no2)CC1.